The van der Waals surface area contributed by atoms with Crippen LogP contribution in [0, 0.1) is 0 Å². The van der Waals surface area contributed by atoms with E-state index in [4.69, 9.17) is 4.74 Å². The number of ether oxygens (including phenoxy) is 1. The number of aromatic amines is 1. The van der Waals surface area contributed by atoms with Crippen molar-refractivity contribution in [2.75, 3.05) is 13.2 Å². The number of aromatic nitrogens is 2. The molecule has 0 radical (unpaired) electrons. The van der Waals surface area contributed by atoms with Crippen LogP contribution in [0.1, 0.15) is 42.5 Å². The first-order valence-corrected chi connectivity index (χ1v) is 8.77. The third-order valence-electron chi connectivity index (χ3n) is 4.36. The topological polar surface area (TPSA) is 84.1 Å². The molecule has 6 heteroatoms. The van der Waals surface area contributed by atoms with Crippen LogP contribution < -0.4 is 10.9 Å². The smallest absolute Gasteiger partial charge is 0.251 e. The molecule has 0 bridgehead atoms. The van der Waals surface area contributed by atoms with Crippen molar-refractivity contribution in [3.63, 3.8) is 0 Å². The number of unbranched alkanes of at least 4 members (excludes halogenated alkanes) is 1. The van der Waals surface area contributed by atoms with Crippen molar-refractivity contribution < 1.29 is 9.53 Å². The van der Waals surface area contributed by atoms with Gasteiger partial charge < -0.3 is 15.0 Å². The zero-order valence-electron chi connectivity index (χ0n) is 14.2. The van der Waals surface area contributed by atoms with Crippen LogP contribution >= 0.6 is 0 Å². The molecule has 0 aliphatic carbocycles. The summed E-state index contributed by atoms with van der Waals surface area (Å²) in [5.74, 6) is -0.108. The second-order valence-corrected chi connectivity index (χ2v) is 6.26. The Balaban J connectivity index is 1.50. The highest BCUT2D eigenvalue weighted by molar-refractivity contribution is 5.95. The van der Waals surface area contributed by atoms with Gasteiger partial charge in [-0.2, -0.15) is 0 Å². The minimum Gasteiger partial charge on any atom is -0.378 e. The number of amides is 1. The summed E-state index contributed by atoms with van der Waals surface area (Å²) in [4.78, 5) is 30.3. The van der Waals surface area contributed by atoms with Gasteiger partial charge in [-0.3, -0.25) is 9.59 Å². The molecule has 1 aliphatic heterocycles. The van der Waals surface area contributed by atoms with E-state index in [9.17, 15) is 9.59 Å². The Kier molecular flexibility index (Phi) is 5.95. The van der Waals surface area contributed by atoms with Crippen LogP contribution in [0.15, 0.2) is 41.5 Å². The summed E-state index contributed by atoms with van der Waals surface area (Å²) in [6, 6.07) is 8.56. The van der Waals surface area contributed by atoms with Crippen molar-refractivity contribution in [1.82, 2.24) is 15.3 Å². The SMILES string of the molecule is O=C(NCCCCC1CCCO1)c1cccc(-c2cc(=O)[nH]cn2)c1. The number of rotatable bonds is 7. The molecule has 6 nitrogen and oxygen atoms in total. The fourth-order valence-corrected chi connectivity index (χ4v) is 3.02. The Morgan fingerprint density at radius 1 is 1.32 bits per heavy atom. The minimum atomic E-state index is -0.217. The molecule has 1 fully saturated rings. The van der Waals surface area contributed by atoms with Gasteiger partial charge in [-0.05, 0) is 44.2 Å². The molecule has 0 spiro atoms. The summed E-state index contributed by atoms with van der Waals surface area (Å²) < 4.78 is 5.60. The van der Waals surface area contributed by atoms with Gasteiger partial charge in [0.15, 0.2) is 0 Å². The lowest BCUT2D eigenvalue weighted by molar-refractivity contribution is 0.0947. The van der Waals surface area contributed by atoms with Crippen molar-refractivity contribution in [3.05, 3.63) is 52.6 Å². The summed E-state index contributed by atoms with van der Waals surface area (Å²) in [6.07, 6.45) is 7.17. The number of H-pyrrole nitrogens is 1. The summed E-state index contributed by atoms with van der Waals surface area (Å²) >= 11 is 0. The van der Waals surface area contributed by atoms with Gasteiger partial charge in [0.2, 0.25) is 0 Å². The van der Waals surface area contributed by atoms with E-state index in [1.165, 1.54) is 18.8 Å². The molecule has 1 atom stereocenters. The van der Waals surface area contributed by atoms with Gasteiger partial charge in [0.05, 0.1) is 18.1 Å². The van der Waals surface area contributed by atoms with Crippen LogP contribution in [0.4, 0.5) is 0 Å². The fourth-order valence-electron chi connectivity index (χ4n) is 3.02. The number of nitrogens with zero attached hydrogens (tertiary/aromatic N) is 1. The Morgan fingerprint density at radius 2 is 2.24 bits per heavy atom. The lowest BCUT2D eigenvalue weighted by atomic mass is 10.1. The van der Waals surface area contributed by atoms with Crippen molar-refractivity contribution in [2.24, 2.45) is 0 Å². The Bertz CT molecular complexity index is 766. The number of hydrogen-bond acceptors (Lipinski definition) is 4. The molecule has 0 saturated carbocycles. The fraction of sp³-hybridized carbons (Fsp3) is 0.421. The number of hydrogen-bond donors (Lipinski definition) is 2. The van der Waals surface area contributed by atoms with Crippen molar-refractivity contribution >= 4 is 5.91 Å². The molecule has 25 heavy (non-hydrogen) atoms. The molecular weight excluding hydrogens is 318 g/mol. The van der Waals surface area contributed by atoms with Crippen LogP contribution in [0.25, 0.3) is 11.3 Å². The quantitative estimate of drug-likeness (QED) is 0.758. The maximum absolute atomic E-state index is 12.3. The Labute approximate surface area is 146 Å². The Hall–Kier alpha value is -2.47. The van der Waals surface area contributed by atoms with Crippen molar-refractivity contribution in [1.29, 1.82) is 0 Å². The van der Waals surface area contributed by atoms with Gasteiger partial charge in [0, 0.05) is 30.3 Å². The van der Waals surface area contributed by atoms with Crippen LogP contribution in [0.5, 0.6) is 0 Å². The predicted octanol–water partition coefficient (Wildman–Crippen LogP) is 2.52. The van der Waals surface area contributed by atoms with Crippen LogP contribution in [0.2, 0.25) is 0 Å². The van der Waals surface area contributed by atoms with E-state index < -0.39 is 0 Å². The number of carbonyl (C=O) groups is 1. The number of carbonyl (C=O) groups excluding carboxylic acids is 1. The molecule has 1 unspecified atom stereocenters. The largest absolute Gasteiger partial charge is 0.378 e. The maximum atomic E-state index is 12.3. The molecule has 1 aliphatic rings. The van der Waals surface area contributed by atoms with E-state index in [0.29, 0.717) is 23.9 Å². The summed E-state index contributed by atoms with van der Waals surface area (Å²) in [7, 11) is 0. The highest BCUT2D eigenvalue weighted by Crippen LogP contribution is 2.18. The molecule has 132 valence electrons. The van der Waals surface area contributed by atoms with E-state index in [1.807, 2.05) is 6.07 Å². The monoisotopic (exact) mass is 341 g/mol. The second-order valence-electron chi connectivity index (χ2n) is 6.26. The lowest BCUT2D eigenvalue weighted by Crippen LogP contribution is -2.24. The maximum Gasteiger partial charge on any atom is 0.251 e. The van der Waals surface area contributed by atoms with Gasteiger partial charge in [-0.15, -0.1) is 0 Å². The van der Waals surface area contributed by atoms with Crippen LogP contribution in [-0.2, 0) is 4.74 Å². The lowest BCUT2D eigenvalue weighted by Gasteiger charge is -2.09. The minimum absolute atomic E-state index is 0.108. The van der Waals surface area contributed by atoms with Gasteiger partial charge >= 0.3 is 0 Å². The van der Waals surface area contributed by atoms with Gasteiger partial charge in [-0.25, -0.2) is 4.98 Å². The van der Waals surface area contributed by atoms with Gasteiger partial charge in [0.25, 0.3) is 11.5 Å². The molecule has 2 N–H and O–H groups in total. The van der Waals surface area contributed by atoms with Crippen molar-refractivity contribution in [2.45, 2.75) is 38.2 Å². The molecule has 1 aromatic heterocycles. The predicted molar refractivity (Wildman–Crippen MR) is 95.5 cm³/mol. The molecule has 2 heterocycles. The zero-order chi connectivity index (χ0) is 17.5. The normalized spacial score (nSPS) is 16.7. The summed E-state index contributed by atoms with van der Waals surface area (Å²) in [5.41, 5.74) is 1.65. The first kappa shape index (κ1) is 17.4. The molecule has 1 saturated heterocycles. The number of benzene rings is 1. The Morgan fingerprint density at radius 3 is 3.04 bits per heavy atom. The van der Waals surface area contributed by atoms with E-state index >= 15 is 0 Å². The zero-order valence-corrected chi connectivity index (χ0v) is 14.2. The average Bonchev–Trinajstić information content (AvgIpc) is 3.15. The van der Waals surface area contributed by atoms with Gasteiger partial charge in [-0.1, -0.05) is 12.1 Å². The van der Waals surface area contributed by atoms with E-state index in [1.54, 1.807) is 18.2 Å². The van der Waals surface area contributed by atoms with Gasteiger partial charge in [0.1, 0.15) is 0 Å². The standard InChI is InChI=1S/C19H23N3O3/c23-18-12-17(21-13-22-18)14-5-3-6-15(11-14)19(24)20-9-2-1-7-16-8-4-10-25-16/h3,5-6,11-13,16H,1-2,4,7-10H2,(H,20,24)(H,21,22,23). The molecular formula is C19H23N3O3. The third-order valence-corrected chi connectivity index (χ3v) is 4.36. The molecule has 1 aromatic carbocycles. The number of nitrogens with one attached hydrogen (secondary N) is 2. The first-order chi connectivity index (χ1) is 12.2. The molecule has 3 rings (SSSR count). The van der Waals surface area contributed by atoms with Crippen LogP contribution in [-0.4, -0.2) is 35.1 Å². The van der Waals surface area contributed by atoms with E-state index in [2.05, 4.69) is 15.3 Å². The summed E-state index contributed by atoms with van der Waals surface area (Å²) in [5, 5.41) is 2.95. The molecule has 2 aromatic rings. The van der Waals surface area contributed by atoms with Crippen LogP contribution in [0.3, 0.4) is 0 Å². The van der Waals surface area contributed by atoms with Crippen molar-refractivity contribution in [3.8, 4) is 11.3 Å². The molecule has 1 amide bonds. The van der Waals surface area contributed by atoms with E-state index in [0.717, 1.165) is 37.9 Å². The highest BCUT2D eigenvalue weighted by atomic mass is 16.5. The highest BCUT2D eigenvalue weighted by Gasteiger charge is 2.14. The first-order valence-electron chi connectivity index (χ1n) is 8.77. The third kappa shape index (κ3) is 5.00. The average molecular weight is 341 g/mol. The second kappa shape index (κ2) is 8.58. The van der Waals surface area contributed by atoms with E-state index in [-0.39, 0.29) is 11.5 Å². The summed E-state index contributed by atoms with van der Waals surface area (Å²) in [6.45, 7) is 1.54.